The van der Waals surface area contributed by atoms with Crippen molar-refractivity contribution in [3.63, 3.8) is 0 Å². The number of hydrogen-bond acceptors (Lipinski definition) is 6. The maximum Gasteiger partial charge on any atom is 0.229 e. The molecule has 136 valence electrons. The summed E-state index contributed by atoms with van der Waals surface area (Å²) < 4.78 is 0. The largest absolute Gasteiger partial charge is 0.373 e. The first-order valence-corrected chi connectivity index (χ1v) is 9.08. The highest BCUT2D eigenvalue weighted by Gasteiger charge is 2.29. The van der Waals surface area contributed by atoms with E-state index < -0.39 is 0 Å². The van der Waals surface area contributed by atoms with Crippen molar-refractivity contribution in [2.45, 2.75) is 18.8 Å². The van der Waals surface area contributed by atoms with Crippen molar-refractivity contribution >= 4 is 17.5 Å². The van der Waals surface area contributed by atoms with Crippen LogP contribution in [0.2, 0.25) is 0 Å². The van der Waals surface area contributed by atoms with Crippen LogP contribution in [-0.4, -0.2) is 17.0 Å². The van der Waals surface area contributed by atoms with Crippen LogP contribution >= 0.6 is 0 Å². The number of benzene rings is 2. The van der Waals surface area contributed by atoms with Crippen molar-refractivity contribution in [1.29, 1.82) is 10.5 Å². The zero-order valence-electron chi connectivity index (χ0n) is 15.4. The summed E-state index contributed by atoms with van der Waals surface area (Å²) in [5.74, 6) is 1.53. The zero-order valence-corrected chi connectivity index (χ0v) is 15.4. The zero-order chi connectivity index (χ0) is 19.5. The van der Waals surface area contributed by atoms with Gasteiger partial charge in [-0.3, -0.25) is 0 Å². The molecule has 0 aliphatic heterocycles. The third-order valence-corrected chi connectivity index (χ3v) is 5.01. The monoisotopic (exact) mass is 366 g/mol. The van der Waals surface area contributed by atoms with Crippen molar-refractivity contribution in [3.05, 3.63) is 76.5 Å². The molecule has 1 aliphatic rings. The summed E-state index contributed by atoms with van der Waals surface area (Å²) in [4.78, 5) is 9.41. The second kappa shape index (κ2) is 7.38. The van der Waals surface area contributed by atoms with Crippen LogP contribution in [0.15, 0.2) is 48.5 Å². The van der Waals surface area contributed by atoms with Gasteiger partial charge in [0.1, 0.15) is 18.0 Å². The fourth-order valence-electron chi connectivity index (χ4n) is 3.68. The lowest BCUT2D eigenvalue weighted by Crippen LogP contribution is -2.08. The molecule has 0 saturated carbocycles. The summed E-state index contributed by atoms with van der Waals surface area (Å²) in [7, 11) is 1.86. The molecule has 1 heterocycles. The van der Waals surface area contributed by atoms with E-state index in [9.17, 15) is 5.26 Å². The lowest BCUT2D eigenvalue weighted by Gasteiger charge is -2.15. The molecule has 1 aliphatic carbocycles. The van der Waals surface area contributed by atoms with Crippen molar-refractivity contribution in [3.8, 4) is 12.1 Å². The van der Waals surface area contributed by atoms with Gasteiger partial charge in [-0.1, -0.05) is 30.3 Å². The second-order valence-electron chi connectivity index (χ2n) is 6.62. The molecular formula is C22H18N6. The van der Waals surface area contributed by atoms with Gasteiger partial charge in [-0.15, -0.1) is 0 Å². The molecule has 0 amide bonds. The van der Waals surface area contributed by atoms with E-state index in [0.29, 0.717) is 22.8 Å². The third kappa shape index (κ3) is 3.13. The minimum Gasteiger partial charge on any atom is -0.373 e. The summed E-state index contributed by atoms with van der Waals surface area (Å²) in [6, 6.07) is 19.5. The Balaban J connectivity index is 1.72. The number of nitrogens with one attached hydrogen (secondary N) is 2. The number of nitriles is 2. The standard InChI is InChI=1S/C22H18N6/c1-25-21-19-10-9-18(14-5-3-2-4-6-14)20(19)27-22(28-21)26-17-8-7-15(12-23)16(11-17)13-24/h2-8,11,18H,9-10H2,1H3,(H2,25,26,27,28). The van der Waals surface area contributed by atoms with E-state index in [1.165, 1.54) is 5.56 Å². The van der Waals surface area contributed by atoms with Gasteiger partial charge in [0.05, 0.1) is 16.8 Å². The van der Waals surface area contributed by atoms with E-state index in [-0.39, 0.29) is 5.92 Å². The topological polar surface area (TPSA) is 97.4 Å². The number of anilines is 3. The van der Waals surface area contributed by atoms with Gasteiger partial charge in [-0.05, 0) is 36.6 Å². The quantitative estimate of drug-likeness (QED) is 0.722. The Morgan fingerprint density at radius 3 is 2.50 bits per heavy atom. The van der Waals surface area contributed by atoms with Crippen molar-refractivity contribution in [1.82, 2.24) is 9.97 Å². The van der Waals surface area contributed by atoms with Gasteiger partial charge in [-0.2, -0.15) is 15.5 Å². The Hall–Kier alpha value is -3.90. The lowest BCUT2D eigenvalue weighted by molar-refractivity contribution is 0.772. The molecule has 6 heteroatoms. The first-order chi connectivity index (χ1) is 13.7. The minimum absolute atomic E-state index is 0.238. The number of fused-ring (bicyclic) bond motifs is 1. The van der Waals surface area contributed by atoms with Crippen LogP contribution in [0, 0.1) is 22.7 Å². The van der Waals surface area contributed by atoms with Gasteiger partial charge >= 0.3 is 0 Å². The van der Waals surface area contributed by atoms with Gasteiger partial charge < -0.3 is 10.6 Å². The Morgan fingerprint density at radius 2 is 1.79 bits per heavy atom. The highest BCUT2D eigenvalue weighted by molar-refractivity contribution is 5.63. The molecule has 0 saturated heterocycles. The van der Waals surface area contributed by atoms with Crippen LogP contribution in [0.3, 0.4) is 0 Å². The van der Waals surface area contributed by atoms with E-state index in [1.807, 2.05) is 37.4 Å². The fraction of sp³-hybridized carbons (Fsp3) is 0.182. The summed E-state index contributed by atoms with van der Waals surface area (Å²) in [6.07, 6.45) is 1.93. The number of rotatable bonds is 4. The Morgan fingerprint density at radius 1 is 1.00 bits per heavy atom. The molecule has 0 radical (unpaired) electrons. The van der Waals surface area contributed by atoms with Crippen molar-refractivity contribution in [2.75, 3.05) is 17.7 Å². The van der Waals surface area contributed by atoms with Crippen molar-refractivity contribution < 1.29 is 0 Å². The maximum absolute atomic E-state index is 9.24. The van der Waals surface area contributed by atoms with E-state index in [0.717, 1.165) is 29.9 Å². The predicted octanol–water partition coefficient (Wildman–Crippen LogP) is 4.08. The first-order valence-electron chi connectivity index (χ1n) is 9.08. The molecule has 1 atom stereocenters. The van der Waals surface area contributed by atoms with Crippen LogP contribution in [0.1, 0.15) is 40.3 Å². The predicted molar refractivity (Wildman–Crippen MR) is 107 cm³/mol. The second-order valence-corrected chi connectivity index (χ2v) is 6.62. The molecule has 2 N–H and O–H groups in total. The SMILES string of the molecule is CNc1nc(Nc2ccc(C#N)c(C#N)c2)nc2c1CCC2c1ccccc1. The maximum atomic E-state index is 9.24. The number of aromatic nitrogens is 2. The lowest BCUT2D eigenvalue weighted by atomic mass is 9.97. The number of nitrogens with zero attached hydrogens (tertiary/aromatic N) is 4. The van der Waals surface area contributed by atoms with Gasteiger partial charge in [0.25, 0.3) is 0 Å². The van der Waals surface area contributed by atoms with E-state index >= 15 is 0 Å². The van der Waals surface area contributed by atoms with Gasteiger partial charge in [-0.25, -0.2) is 4.98 Å². The van der Waals surface area contributed by atoms with Crippen LogP contribution < -0.4 is 10.6 Å². The highest BCUT2D eigenvalue weighted by Crippen LogP contribution is 2.40. The molecule has 1 aromatic heterocycles. The summed E-state index contributed by atoms with van der Waals surface area (Å²) in [5.41, 5.74) is 4.78. The van der Waals surface area contributed by atoms with Gasteiger partial charge in [0, 0.05) is 24.2 Å². The summed E-state index contributed by atoms with van der Waals surface area (Å²) in [6.45, 7) is 0. The molecule has 4 rings (SSSR count). The van der Waals surface area contributed by atoms with Crippen LogP contribution in [-0.2, 0) is 6.42 Å². The molecule has 0 spiro atoms. The van der Waals surface area contributed by atoms with Gasteiger partial charge in [0.2, 0.25) is 5.95 Å². The number of hydrogen-bond donors (Lipinski definition) is 2. The Kier molecular flexibility index (Phi) is 4.62. The molecule has 3 aromatic rings. The first kappa shape index (κ1) is 17.5. The van der Waals surface area contributed by atoms with E-state index in [4.69, 9.17) is 10.2 Å². The minimum atomic E-state index is 0.238. The van der Waals surface area contributed by atoms with Crippen LogP contribution in [0.5, 0.6) is 0 Å². The molecular weight excluding hydrogens is 348 g/mol. The van der Waals surface area contributed by atoms with Crippen molar-refractivity contribution in [2.24, 2.45) is 0 Å². The summed E-state index contributed by atoms with van der Waals surface area (Å²) >= 11 is 0. The Bertz CT molecular complexity index is 1110. The van der Waals surface area contributed by atoms with Gasteiger partial charge in [0.15, 0.2) is 0 Å². The molecule has 1 unspecified atom stereocenters. The smallest absolute Gasteiger partial charge is 0.229 e. The molecule has 2 aromatic carbocycles. The highest BCUT2D eigenvalue weighted by atomic mass is 15.1. The summed E-state index contributed by atoms with van der Waals surface area (Å²) in [5, 5.41) is 24.7. The average Bonchev–Trinajstić information content (AvgIpc) is 3.17. The fourth-order valence-corrected chi connectivity index (χ4v) is 3.68. The van der Waals surface area contributed by atoms with E-state index in [1.54, 1.807) is 18.2 Å². The Labute approximate surface area is 163 Å². The normalized spacial score (nSPS) is 14.6. The molecule has 28 heavy (non-hydrogen) atoms. The van der Waals surface area contributed by atoms with Crippen LogP contribution in [0.4, 0.5) is 17.5 Å². The molecule has 0 fully saturated rings. The van der Waals surface area contributed by atoms with Crippen LogP contribution in [0.25, 0.3) is 0 Å². The molecule has 0 bridgehead atoms. The third-order valence-electron chi connectivity index (χ3n) is 5.01. The average molecular weight is 366 g/mol. The van der Waals surface area contributed by atoms with E-state index in [2.05, 4.69) is 27.8 Å². The molecule has 6 nitrogen and oxygen atoms in total.